The predicted octanol–water partition coefficient (Wildman–Crippen LogP) is 6.96. The zero-order valence-electron chi connectivity index (χ0n) is 18.6. The molecule has 2 aromatic carbocycles. The molecule has 2 fully saturated rings. The Hall–Kier alpha value is -2.51. The normalized spacial score (nSPS) is 19.3. The first-order valence-corrected chi connectivity index (χ1v) is 12.7. The molecule has 0 spiro atoms. The van der Waals surface area contributed by atoms with Crippen molar-refractivity contribution in [3.63, 3.8) is 0 Å². The molecule has 33 heavy (non-hydrogen) atoms. The molecule has 1 heterocycles. The number of carbonyl (C=O) groups excluding carboxylic acids is 1. The van der Waals surface area contributed by atoms with Crippen molar-refractivity contribution in [2.24, 2.45) is 4.99 Å². The van der Waals surface area contributed by atoms with E-state index >= 15 is 0 Å². The van der Waals surface area contributed by atoms with E-state index in [1.807, 2.05) is 53.4 Å². The maximum Gasteiger partial charge on any atom is 0.267 e. The van der Waals surface area contributed by atoms with Crippen LogP contribution in [0.2, 0.25) is 0 Å². The largest absolute Gasteiger partial charge is 0.493 e. The van der Waals surface area contributed by atoms with Crippen LogP contribution in [0.1, 0.15) is 37.7 Å². The van der Waals surface area contributed by atoms with Crippen molar-refractivity contribution in [1.29, 1.82) is 0 Å². The fourth-order valence-electron chi connectivity index (χ4n) is 4.10. The van der Waals surface area contributed by atoms with E-state index in [-0.39, 0.29) is 11.9 Å². The van der Waals surface area contributed by atoms with Gasteiger partial charge in [0.2, 0.25) is 0 Å². The van der Waals surface area contributed by atoms with Gasteiger partial charge >= 0.3 is 0 Å². The molecule has 0 bridgehead atoms. The molecule has 4 rings (SSSR count). The summed E-state index contributed by atoms with van der Waals surface area (Å²) in [5, 5.41) is 0.751. The molecule has 0 radical (unpaired) electrons. The highest BCUT2D eigenvalue weighted by Crippen LogP contribution is 2.41. The zero-order chi connectivity index (χ0) is 23.2. The van der Waals surface area contributed by atoms with Gasteiger partial charge in [0.25, 0.3) is 5.91 Å². The molecule has 0 N–H and O–H groups in total. The van der Waals surface area contributed by atoms with Crippen LogP contribution in [0.4, 0.5) is 5.69 Å². The minimum Gasteiger partial charge on any atom is -0.493 e. The van der Waals surface area contributed by atoms with E-state index in [0.29, 0.717) is 23.0 Å². The smallest absolute Gasteiger partial charge is 0.267 e. The lowest BCUT2D eigenvalue weighted by atomic mass is 9.94. The average Bonchev–Trinajstić information content (AvgIpc) is 3.13. The number of para-hydroxylation sites is 1. The Bertz CT molecular complexity index is 1080. The van der Waals surface area contributed by atoms with Crippen LogP contribution in [-0.4, -0.2) is 35.7 Å². The van der Waals surface area contributed by atoms with E-state index in [2.05, 4.69) is 22.5 Å². The van der Waals surface area contributed by atoms with Gasteiger partial charge in [-0.25, -0.2) is 4.99 Å². The Balaban J connectivity index is 1.69. The molecule has 172 valence electrons. The first kappa shape index (κ1) is 23.6. The highest BCUT2D eigenvalue weighted by atomic mass is 79.9. The van der Waals surface area contributed by atoms with Gasteiger partial charge < -0.3 is 9.47 Å². The van der Waals surface area contributed by atoms with Gasteiger partial charge in [0.05, 0.1) is 22.2 Å². The molecule has 0 unspecified atom stereocenters. The molecule has 0 aromatic heterocycles. The topological polar surface area (TPSA) is 51.1 Å². The lowest BCUT2D eigenvalue weighted by molar-refractivity contribution is -0.124. The zero-order valence-corrected chi connectivity index (χ0v) is 21.0. The van der Waals surface area contributed by atoms with Gasteiger partial charge in [-0.15, -0.1) is 0 Å². The summed E-state index contributed by atoms with van der Waals surface area (Å²) in [4.78, 5) is 20.9. The number of hydrogen-bond donors (Lipinski definition) is 0. The molecule has 1 aliphatic heterocycles. The summed E-state index contributed by atoms with van der Waals surface area (Å²) in [7, 11) is 1.60. The summed E-state index contributed by atoms with van der Waals surface area (Å²) in [6.07, 6.45) is 9.14. The number of carbonyl (C=O) groups is 1. The lowest BCUT2D eigenvalue weighted by Gasteiger charge is -2.30. The lowest BCUT2D eigenvalue weighted by Crippen LogP contribution is -2.40. The number of ether oxygens (including phenoxy) is 2. The third kappa shape index (κ3) is 5.53. The Morgan fingerprint density at radius 3 is 2.67 bits per heavy atom. The van der Waals surface area contributed by atoms with Crippen LogP contribution in [0.5, 0.6) is 11.5 Å². The molecule has 2 aliphatic rings. The molecule has 1 saturated heterocycles. The maximum atomic E-state index is 13.5. The second-order valence-electron chi connectivity index (χ2n) is 7.94. The molecule has 2 aromatic rings. The van der Waals surface area contributed by atoms with Gasteiger partial charge in [0, 0.05) is 6.04 Å². The Kier molecular flexibility index (Phi) is 7.93. The summed E-state index contributed by atoms with van der Waals surface area (Å²) >= 11 is 5.00. The standard InChI is InChI=1S/C26H27BrN2O3S/c1-3-14-32-24-21(27)15-18(16-22(24)31-2)17-23-25(30)29(20-12-8-5-9-13-20)26(33-23)28-19-10-6-4-7-11-19/h3-4,6-7,10-11,15-17,20H,1,5,8-9,12-14H2,2H3/b23-17-,28-26?. The van der Waals surface area contributed by atoms with Crippen LogP contribution < -0.4 is 9.47 Å². The van der Waals surface area contributed by atoms with Crippen molar-refractivity contribution in [2.45, 2.75) is 38.1 Å². The second-order valence-corrected chi connectivity index (χ2v) is 9.80. The van der Waals surface area contributed by atoms with Crippen LogP contribution in [-0.2, 0) is 4.79 Å². The number of amides is 1. The van der Waals surface area contributed by atoms with Crippen molar-refractivity contribution < 1.29 is 14.3 Å². The molecule has 1 amide bonds. The minimum atomic E-state index is 0.0173. The third-order valence-electron chi connectivity index (χ3n) is 5.65. The first-order chi connectivity index (χ1) is 16.1. The molecule has 5 nitrogen and oxygen atoms in total. The van der Waals surface area contributed by atoms with E-state index in [0.717, 1.165) is 46.6 Å². The number of aliphatic imine (C=N–C) groups is 1. The van der Waals surface area contributed by atoms with Crippen molar-refractivity contribution in [1.82, 2.24) is 4.90 Å². The summed E-state index contributed by atoms with van der Waals surface area (Å²) in [5.74, 6) is 1.22. The quantitative estimate of drug-likeness (QED) is 0.289. The van der Waals surface area contributed by atoms with Gasteiger partial charge in [-0.1, -0.05) is 50.1 Å². The highest BCUT2D eigenvalue weighted by Gasteiger charge is 2.38. The van der Waals surface area contributed by atoms with Gasteiger partial charge in [0.15, 0.2) is 16.7 Å². The third-order valence-corrected chi connectivity index (χ3v) is 7.22. The monoisotopic (exact) mass is 526 g/mol. The average molecular weight is 527 g/mol. The Morgan fingerprint density at radius 2 is 1.97 bits per heavy atom. The van der Waals surface area contributed by atoms with E-state index in [9.17, 15) is 4.79 Å². The minimum absolute atomic E-state index is 0.0173. The van der Waals surface area contributed by atoms with E-state index in [4.69, 9.17) is 14.5 Å². The number of amidine groups is 1. The Labute approximate surface area is 207 Å². The molecule has 1 saturated carbocycles. The number of rotatable bonds is 7. The second kappa shape index (κ2) is 11.1. The fraction of sp³-hybridized carbons (Fsp3) is 0.308. The van der Waals surface area contributed by atoms with Crippen LogP contribution in [0.15, 0.2) is 69.5 Å². The van der Waals surface area contributed by atoms with Gasteiger partial charge in [-0.3, -0.25) is 9.69 Å². The number of thioether (sulfide) groups is 1. The van der Waals surface area contributed by atoms with E-state index in [1.54, 1.807) is 13.2 Å². The van der Waals surface area contributed by atoms with E-state index in [1.165, 1.54) is 18.2 Å². The van der Waals surface area contributed by atoms with Crippen LogP contribution in [0.3, 0.4) is 0 Å². The highest BCUT2D eigenvalue weighted by molar-refractivity contribution is 9.10. The SMILES string of the molecule is C=CCOc1c(Br)cc(/C=C2\SC(=Nc3ccccc3)N(C3CCCCC3)C2=O)cc1OC. The molecular weight excluding hydrogens is 500 g/mol. The van der Waals surface area contributed by atoms with Crippen molar-refractivity contribution in [3.8, 4) is 11.5 Å². The number of benzene rings is 2. The van der Waals surface area contributed by atoms with Gasteiger partial charge in [-0.05, 0) is 76.4 Å². The molecule has 0 atom stereocenters. The fourth-order valence-corrected chi connectivity index (χ4v) is 5.73. The van der Waals surface area contributed by atoms with Crippen LogP contribution >= 0.6 is 27.7 Å². The molecular formula is C26H27BrN2O3S. The van der Waals surface area contributed by atoms with Crippen molar-refractivity contribution in [2.75, 3.05) is 13.7 Å². The summed E-state index contributed by atoms with van der Waals surface area (Å²) in [6, 6.07) is 13.8. The van der Waals surface area contributed by atoms with Crippen molar-refractivity contribution >= 4 is 50.5 Å². The van der Waals surface area contributed by atoms with Gasteiger partial charge in [-0.2, -0.15) is 0 Å². The number of hydrogen-bond acceptors (Lipinski definition) is 5. The van der Waals surface area contributed by atoms with Crippen molar-refractivity contribution in [3.05, 3.63) is 70.1 Å². The predicted molar refractivity (Wildman–Crippen MR) is 139 cm³/mol. The summed E-state index contributed by atoms with van der Waals surface area (Å²) < 4.78 is 12.0. The van der Waals surface area contributed by atoms with E-state index < -0.39 is 0 Å². The van der Waals surface area contributed by atoms with Gasteiger partial charge in [0.1, 0.15) is 6.61 Å². The number of nitrogens with zero attached hydrogens (tertiary/aromatic N) is 2. The number of methoxy groups -OCH3 is 1. The molecule has 1 aliphatic carbocycles. The molecule has 7 heteroatoms. The summed E-state index contributed by atoms with van der Waals surface area (Å²) in [5.41, 5.74) is 1.70. The maximum absolute atomic E-state index is 13.5. The first-order valence-electron chi connectivity index (χ1n) is 11.1. The Morgan fingerprint density at radius 1 is 1.21 bits per heavy atom. The van der Waals surface area contributed by atoms with Crippen LogP contribution in [0.25, 0.3) is 6.08 Å². The summed E-state index contributed by atoms with van der Waals surface area (Å²) in [6.45, 7) is 4.07. The van der Waals surface area contributed by atoms with Crippen LogP contribution in [0, 0.1) is 0 Å². The number of halogens is 1.